The normalized spacial score (nSPS) is 14.0. The second kappa shape index (κ2) is 8.10. The van der Waals surface area contributed by atoms with Crippen molar-refractivity contribution in [2.45, 2.75) is 70.2 Å². The molecule has 1 aromatic carbocycles. The molecule has 148 valence electrons. The van der Waals surface area contributed by atoms with Crippen LogP contribution in [0, 0.1) is 6.92 Å². The zero-order valence-corrected chi connectivity index (χ0v) is 18.7. The lowest BCUT2D eigenvalue weighted by Gasteiger charge is -2.37. The molecule has 1 unspecified atom stereocenters. The van der Waals surface area contributed by atoms with E-state index in [2.05, 4.69) is 25.5 Å². The molecule has 0 aromatic heterocycles. The number of ether oxygens (including phenoxy) is 1. The summed E-state index contributed by atoms with van der Waals surface area (Å²) in [6.45, 7) is 13.8. The zero-order valence-electron chi connectivity index (χ0n) is 16.9. The number of esters is 1. The van der Waals surface area contributed by atoms with Gasteiger partial charge in [0.05, 0.1) is 7.11 Å². The molecule has 0 heterocycles. The van der Waals surface area contributed by atoms with Crippen molar-refractivity contribution in [2.24, 2.45) is 0 Å². The van der Waals surface area contributed by atoms with E-state index >= 15 is 0 Å². The van der Waals surface area contributed by atoms with E-state index < -0.39 is 30.5 Å². The lowest BCUT2D eigenvalue weighted by atomic mass is 10.2. The summed E-state index contributed by atoms with van der Waals surface area (Å²) in [6, 6.07) is 4.82. The number of carbonyl (C=O) groups excluding carboxylic acids is 1. The highest BCUT2D eigenvalue weighted by atomic mass is 32.2. The van der Waals surface area contributed by atoms with Crippen LogP contribution in [0.4, 0.5) is 0 Å². The number of hydrogen-bond donors (Lipinski definition) is 0. The zero-order chi connectivity index (χ0) is 20.3. The molecule has 0 aliphatic carbocycles. The van der Waals surface area contributed by atoms with Crippen molar-refractivity contribution in [3.63, 3.8) is 0 Å². The standard InChI is InChI=1S/C18H30O6SSi/c1-9-14(17(19)22-6)23-25(20,21)16-11-10-13(2)12-15(16)24-26(7,8)18(3,4)5/h10-12,14H,9H2,1-8H3. The molecule has 0 N–H and O–H groups in total. The first kappa shape index (κ1) is 22.7. The molecule has 1 rings (SSSR count). The van der Waals surface area contributed by atoms with Gasteiger partial charge >= 0.3 is 16.1 Å². The van der Waals surface area contributed by atoms with Crippen LogP contribution in [-0.2, 0) is 23.8 Å². The number of rotatable bonds is 7. The minimum absolute atomic E-state index is 0.0738. The molecule has 0 bridgehead atoms. The fourth-order valence-electron chi connectivity index (χ4n) is 1.94. The van der Waals surface area contributed by atoms with Crippen LogP contribution in [0.5, 0.6) is 5.75 Å². The van der Waals surface area contributed by atoms with Gasteiger partial charge in [-0.1, -0.05) is 33.8 Å². The van der Waals surface area contributed by atoms with Gasteiger partial charge in [-0.25, -0.2) is 4.79 Å². The van der Waals surface area contributed by atoms with Crippen LogP contribution >= 0.6 is 0 Å². The van der Waals surface area contributed by atoms with Gasteiger partial charge in [0, 0.05) is 0 Å². The largest absolute Gasteiger partial charge is 0.543 e. The van der Waals surface area contributed by atoms with Gasteiger partial charge in [0.1, 0.15) is 10.6 Å². The Labute approximate surface area is 158 Å². The molecule has 0 saturated heterocycles. The van der Waals surface area contributed by atoms with Gasteiger partial charge in [0.25, 0.3) is 8.32 Å². The van der Waals surface area contributed by atoms with Crippen molar-refractivity contribution >= 4 is 24.4 Å². The Bertz CT molecular complexity index is 749. The summed E-state index contributed by atoms with van der Waals surface area (Å²) in [7, 11) is -5.27. The number of aryl methyl sites for hydroxylation is 1. The quantitative estimate of drug-likeness (QED) is 0.389. The Balaban J connectivity index is 3.34. The number of carbonyl (C=O) groups is 1. The van der Waals surface area contributed by atoms with Crippen LogP contribution in [0.2, 0.25) is 18.1 Å². The van der Waals surface area contributed by atoms with E-state index in [0.717, 1.165) is 5.56 Å². The lowest BCUT2D eigenvalue weighted by Crippen LogP contribution is -2.44. The van der Waals surface area contributed by atoms with E-state index in [4.69, 9.17) is 8.61 Å². The third kappa shape index (κ3) is 5.31. The maximum Gasteiger partial charge on any atom is 0.336 e. The van der Waals surface area contributed by atoms with Crippen LogP contribution in [0.1, 0.15) is 39.7 Å². The molecule has 0 fully saturated rings. The molecule has 26 heavy (non-hydrogen) atoms. The first-order chi connectivity index (χ1) is 11.7. The molecule has 0 spiro atoms. The summed E-state index contributed by atoms with van der Waals surface area (Å²) in [4.78, 5) is 11.6. The average molecular weight is 403 g/mol. The van der Waals surface area contributed by atoms with E-state index in [1.165, 1.54) is 13.2 Å². The van der Waals surface area contributed by atoms with Gasteiger partial charge in [0.15, 0.2) is 6.10 Å². The summed E-state index contributed by atoms with van der Waals surface area (Å²) in [5.74, 6) is -0.466. The first-order valence-electron chi connectivity index (χ1n) is 8.56. The molecule has 6 nitrogen and oxygen atoms in total. The molecule has 0 saturated carbocycles. The van der Waals surface area contributed by atoms with Gasteiger partial charge < -0.3 is 9.16 Å². The van der Waals surface area contributed by atoms with Crippen molar-refractivity contribution in [1.29, 1.82) is 0 Å². The highest BCUT2D eigenvalue weighted by molar-refractivity contribution is 7.87. The van der Waals surface area contributed by atoms with Gasteiger partial charge in [-0.05, 0) is 49.2 Å². The Morgan fingerprint density at radius 2 is 1.81 bits per heavy atom. The highest BCUT2D eigenvalue weighted by Crippen LogP contribution is 2.39. The average Bonchev–Trinajstić information content (AvgIpc) is 2.50. The first-order valence-corrected chi connectivity index (χ1v) is 12.9. The molecule has 0 aliphatic heterocycles. The third-order valence-corrected chi connectivity index (χ3v) is 10.3. The van der Waals surface area contributed by atoms with Crippen molar-refractivity contribution in [2.75, 3.05) is 7.11 Å². The number of benzene rings is 1. The Hall–Kier alpha value is -1.38. The molecule has 1 atom stereocenters. The minimum atomic E-state index is -4.20. The summed E-state index contributed by atoms with van der Waals surface area (Å²) in [5.41, 5.74) is 0.873. The van der Waals surface area contributed by atoms with Crippen molar-refractivity contribution in [1.82, 2.24) is 0 Å². The molecular formula is C18H30O6SSi. The smallest absolute Gasteiger partial charge is 0.336 e. The molecule has 0 aliphatic rings. The monoisotopic (exact) mass is 402 g/mol. The van der Waals surface area contributed by atoms with Gasteiger partial charge in [-0.3, -0.25) is 4.18 Å². The predicted molar refractivity (Wildman–Crippen MR) is 103 cm³/mol. The van der Waals surface area contributed by atoms with Crippen LogP contribution in [0.3, 0.4) is 0 Å². The van der Waals surface area contributed by atoms with Crippen LogP contribution in [0.25, 0.3) is 0 Å². The Morgan fingerprint density at radius 3 is 2.27 bits per heavy atom. The van der Waals surface area contributed by atoms with Crippen LogP contribution in [0.15, 0.2) is 23.1 Å². The van der Waals surface area contributed by atoms with Crippen molar-refractivity contribution in [3.05, 3.63) is 23.8 Å². The molecule has 0 radical (unpaired) electrons. The van der Waals surface area contributed by atoms with Crippen LogP contribution < -0.4 is 4.43 Å². The maximum absolute atomic E-state index is 12.8. The molecule has 1 aromatic rings. The van der Waals surface area contributed by atoms with Gasteiger partial charge in [0.2, 0.25) is 0 Å². The van der Waals surface area contributed by atoms with E-state index in [0.29, 0.717) is 0 Å². The summed E-state index contributed by atoms with van der Waals surface area (Å²) >= 11 is 0. The highest BCUT2D eigenvalue weighted by Gasteiger charge is 2.40. The number of methoxy groups -OCH3 is 1. The minimum Gasteiger partial charge on any atom is -0.543 e. The Morgan fingerprint density at radius 1 is 1.23 bits per heavy atom. The maximum atomic E-state index is 12.8. The van der Waals surface area contributed by atoms with Crippen LogP contribution in [-0.4, -0.2) is 35.9 Å². The van der Waals surface area contributed by atoms with Gasteiger partial charge in [-0.2, -0.15) is 8.42 Å². The fourth-order valence-corrected chi connectivity index (χ4v) is 4.24. The molecule has 8 heteroatoms. The fraction of sp³-hybridized carbons (Fsp3) is 0.611. The topological polar surface area (TPSA) is 78.9 Å². The lowest BCUT2D eigenvalue weighted by molar-refractivity contribution is -0.148. The van der Waals surface area contributed by atoms with E-state index in [1.807, 2.05) is 20.0 Å². The Kier molecular flexibility index (Phi) is 7.06. The second-order valence-corrected chi connectivity index (χ2v) is 14.0. The second-order valence-electron chi connectivity index (χ2n) is 7.78. The van der Waals surface area contributed by atoms with E-state index in [9.17, 15) is 13.2 Å². The predicted octanol–water partition coefficient (Wildman–Crippen LogP) is 4.04. The van der Waals surface area contributed by atoms with E-state index in [-0.39, 0.29) is 22.1 Å². The number of hydrogen-bond acceptors (Lipinski definition) is 6. The summed E-state index contributed by atoms with van der Waals surface area (Å²) < 4.78 is 41.6. The molecular weight excluding hydrogens is 372 g/mol. The third-order valence-electron chi connectivity index (χ3n) is 4.62. The van der Waals surface area contributed by atoms with E-state index in [1.54, 1.807) is 19.1 Å². The van der Waals surface area contributed by atoms with Gasteiger partial charge in [-0.15, -0.1) is 0 Å². The summed E-state index contributed by atoms with van der Waals surface area (Å²) in [5, 5.41) is -0.101. The van der Waals surface area contributed by atoms with Crippen molar-refractivity contribution in [3.8, 4) is 5.75 Å². The SMILES string of the molecule is CCC(OS(=O)(=O)c1ccc(C)cc1O[Si](C)(C)C(C)(C)C)C(=O)OC. The summed E-state index contributed by atoms with van der Waals surface area (Å²) in [6.07, 6.45) is -1.01. The van der Waals surface area contributed by atoms with Crippen molar-refractivity contribution < 1.29 is 26.6 Å². The molecule has 0 amide bonds.